The molecule has 0 amide bonds. The standard InChI is InChI=1S/C10H13ClN2.ClH/c11-9-1-3-10(4-2-9)13-7-5-12-6-8-13;/h1-4,12H,5-8H2;1H/p-1. The van der Waals surface area contributed by atoms with Crippen LogP contribution in [0.25, 0.3) is 0 Å². The number of piperazine rings is 1. The minimum Gasteiger partial charge on any atom is -1.00 e. The highest BCUT2D eigenvalue weighted by Crippen LogP contribution is 2.17. The van der Waals surface area contributed by atoms with Gasteiger partial charge >= 0.3 is 0 Å². The van der Waals surface area contributed by atoms with Crippen LogP contribution in [-0.4, -0.2) is 26.2 Å². The van der Waals surface area contributed by atoms with E-state index in [0.29, 0.717) is 0 Å². The number of nitrogens with one attached hydrogen (secondary N) is 1. The monoisotopic (exact) mass is 231 g/mol. The third-order valence-electron chi connectivity index (χ3n) is 2.31. The van der Waals surface area contributed by atoms with Crippen LogP contribution in [0.4, 0.5) is 5.69 Å². The summed E-state index contributed by atoms with van der Waals surface area (Å²) in [5.41, 5.74) is 1.27. The first-order valence-electron chi connectivity index (χ1n) is 4.57. The molecule has 0 atom stereocenters. The van der Waals surface area contributed by atoms with E-state index < -0.39 is 0 Å². The fourth-order valence-electron chi connectivity index (χ4n) is 1.57. The lowest BCUT2D eigenvalue weighted by molar-refractivity contribution is -0.00000254. The molecule has 14 heavy (non-hydrogen) atoms. The number of hydrogen-bond donors (Lipinski definition) is 1. The predicted molar refractivity (Wildman–Crippen MR) is 56.5 cm³/mol. The van der Waals surface area contributed by atoms with Crippen molar-refractivity contribution >= 4 is 17.3 Å². The summed E-state index contributed by atoms with van der Waals surface area (Å²) in [5, 5.41) is 4.13. The average Bonchev–Trinajstić information content (AvgIpc) is 2.20. The molecular formula is C10H13Cl2N2-. The number of nitrogens with zero attached hydrogens (tertiary/aromatic N) is 1. The van der Waals surface area contributed by atoms with E-state index in [1.807, 2.05) is 12.1 Å². The molecule has 0 saturated carbocycles. The van der Waals surface area contributed by atoms with Crippen LogP contribution < -0.4 is 22.6 Å². The molecule has 1 fully saturated rings. The molecule has 1 heterocycles. The number of halogens is 2. The van der Waals surface area contributed by atoms with E-state index in [4.69, 9.17) is 11.6 Å². The van der Waals surface area contributed by atoms with E-state index in [9.17, 15) is 0 Å². The van der Waals surface area contributed by atoms with E-state index >= 15 is 0 Å². The van der Waals surface area contributed by atoms with Gasteiger partial charge in [-0.1, -0.05) is 11.6 Å². The van der Waals surface area contributed by atoms with Gasteiger partial charge in [0.25, 0.3) is 0 Å². The molecule has 1 aromatic carbocycles. The van der Waals surface area contributed by atoms with Crippen LogP contribution in [0.3, 0.4) is 0 Å². The number of anilines is 1. The van der Waals surface area contributed by atoms with E-state index in [1.165, 1.54) is 5.69 Å². The van der Waals surface area contributed by atoms with Crippen molar-refractivity contribution in [3.63, 3.8) is 0 Å². The van der Waals surface area contributed by atoms with E-state index in [-0.39, 0.29) is 12.4 Å². The van der Waals surface area contributed by atoms with Crippen LogP contribution in [0, 0.1) is 0 Å². The maximum Gasteiger partial charge on any atom is 0.0407 e. The molecule has 0 aromatic heterocycles. The van der Waals surface area contributed by atoms with Crippen molar-refractivity contribution in [1.29, 1.82) is 0 Å². The molecule has 1 N–H and O–H groups in total. The molecule has 0 radical (unpaired) electrons. The molecule has 2 rings (SSSR count). The molecule has 1 aliphatic heterocycles. The van der Waals surface area contributed by atoms with Crippen LogP contribution in [0.15, 0.2) is 24.3 Å². The molecule has 1 aliphatic rings. The Balaban J connectivity index is 0.000000980. The van der Waals surface area contributed by atoms with Gasteiger partial charge in [0.2, 0.25) is 0 Å². The highest BCUT2D eigenvalue weighted by atomic mass is 35.5. The molecule has 4 heteroatoms. The molecule has 1 aromatic rings. The van der Waals surface area contributed by atoms with Crippen LogP contribution >= 0.6 is 11.6 Å². The van der Waals surface area contributed by atoms with Crippen LogP contribution in [0.5, 0.6) is 0 Å². The fraction of sp³-hybridized carbons (Fsp3) is 0.400. The summed E-state index contributed by atoms with van der Waals surface area (Å²) in [6, 6.07) is 8.04. The summed E-state index contributed by atoms with van der Waals surface area (Å²) in [5.74, 6) is 0. The molecule has 2 nitrogen and oxygen atoms in total. The van der Waals surface area contributed by atoms with E-state index in [1.54, 1.807) is 0 Å². The summed E-state index contributed by atoms with van der Waals surface area (Å²) < 4.78 is 0. The zero-order valence-corrected chi connectivity index (χ0v) is 9.35. The largest absolute Gasteiger partial charge is 1.00 e. The Kier molecular flexibility index (Phi) is 4.52. The first kappa shape index (κ1) is 11.6. The third-order valence-corrected chi connectivity index (χ3v) is 2.56. The van der Waals surface area contributed by atoms with Crippen molar-refractivity contribution in [3.05, 3.63) is 29.3 Å². The highest BCUT2D eigenvalue weighted by Gasteiger charge is 2.09. The minimum absolute atomic E-state index is 0. The summed E-state index contributed by atoms with van der Waals surface area (Å²) >= 11 is 5.82. The molecular weight excluding hydrogens is 219 g/mol. The van der Waals surface area contributed by atoms with Gasteiger partial charge in [0.15, 0.2) is 0 Å². The van der Waals surface area contributed by atoms with Crippen molar-refractivity contribution in [3.8, 4) is 0 Å². The molecule has 0 aliphatic carbocycles. The lowest BCUT2D eigenvalue weighted by Crippen LogP contribution is -3.00. The lowest BCUT2D eigenvalue weighted by Gasteiger charge is -2.29. The number of rotatable bonds is 1. The third kappa shape index (κ3) is 2.77. The second kappa shape index (κ2) is 5.44. The lowest BCUT2D eigenvalue weighted by atomic mass is 10.2. The maximum absolute atomic E-state index is 5.82. The Bertz CT molecular complexity index is 268. The van der Waals surface area contributed by atoms with Crippen molar-refractivity contribution in [2.45, 2.75) is 0 Å². The first-order chi connectivity index (χ1) is 6.36. The van der Waals surface area contributed by atoms with E-state index in [0.717, 1.165) is 31.2 Å². The Morgan fingerprint density at radius 2 is 1.64 bits per heavy atom. The van der Waals surface area contributed by atoms with Gasteiger partial charge in [-0.15, -0.1) is 0 Å². The fourth-order valence-corrected chi connectivity index (χ4v) is 1.70. The SMILES string of the molecule is Clc1ccc(N2CCNCC2)cc1.[Cl-]. The normalized spacial score (nSPS) is 16.2. The Hall–Kier alpha value is -0.440. The summed E-state index contributed by atoms with van der Waals surface area (Å²) in [6.45, 7) is 4.31. The molecule has 0 bridgehead atoms. The average molecular weight is 232 g/mol. The van der Waals surface area contributed by atoms with Crippen molar-refractivity contribution < 1.29 is 12.4 Å². The van der Waals surface area contributed by atoms with Crippen LogP contribution in [-0.2, 0) is 0 Å². The topological polar surface area (TPSA) is 15.3 Å². The van der Waals surface area contributed by atoms with Crippen molar-refractivity contribution in [1.82, 2.24) is 5.32 Å². The Morgan fingerprint density at radius 1 is 1.07 bits per heavy atom. The Morgan fingerprint density at radius 3 is 2.21 bits per heavy atom. The predicted octanol–water partition coefficient (Wildman–Crippen LogP) is -1.25. The number of hydrogen-bond acceptors (Lipinski definition) is 2. The van der Waals surface area contributed by atoms with Gasteiger partial charge in [0.1, 0.15) is 0 Å². The quantitative estimate of drug-likeness (QED) is 0.651. The second-order valence-electron chi connectivity index (χ2n) is 3.21. The first-order valence-corrected chi connectivity index (χ1v) is 4.95. The molecule has 78 valence electrons. The second-order valence-corrected chi connectivity index (χ2v) is 3.65. The van der Waals surface area contributed by atoms with Gasteiger partial charge < -0.3 is 22.6 Å². The van der Waals surface area contributed by atoms with Crippen LogP contribution in [0.2, 0.25) is 5.02 Å². The molecule has 0 spiro atoms. The smallest absolute Gasteiger partial charge is 0.0407 e. The van der Waals surface area contributed by atoms with Crippen molar-refractivity contribution in [2.75, 3.05) is 31.1 Å². The summed E-state index contributed by atoms with van der Waals surface area (Å²) in [7, 11) is 0. The van der Waals surface area contributed by atoms with E-state index in [2.05, 4.69) is 22.3 Å². The Labute approximate surface area is 95.7 Å². The van der Waals surface area contributed by atoms with Gasteiger partial charge in [0, 0.05) is 36.9 Å². The van der Waals surface area contributed by atoms with Crippen molar-refractivity contribution in [2.24, 2.45) is 0 Å². The summed E-state index contributed by atoms with van der Waals surface area (Å²) in [4.78, 5) is 2.37. The minimum atomic E-state index is 0. The summed E-state index contributed by atoms with van der Waals surface area (Å²) in [6.07, 6.45) is 0. The van der Waals surface area contributed by atoms with Gasteiger partial charge in [-0.2, -0.15) is 0 Å². The molecule has 0 unspecified atom stereocenters. The highest BCUT2D eigenvalue weighted by molar-refractivity contribution is 6.30. The van der Waals surface area contributed by atoms with Gasteiger partial charge in [-0.05, 0) is 24.3 Å². The zero-order valence-electron chi connectivity index (χ0n) is 7.84. The maximum atomic E-state index is 5.82. The molecule has 1 saturated heterocycles. The number of benzene rings is 1. The van der Waals surface area contributed by atoms with Crippen LogP contribution in [0.1, 0.15) is 0 Å². The van der Waals surface area contributed by atoms with Gasteiger partial charge in [0.05, 0.1) is 0 Å². The van der Waals surface area contributed by atoms with Gasteiger partial charge in [-0.3, -0.25) is 0 Å². The van der Waals surface area contributed by atoms with Gasteiger partial charge in [-0.25, -0.2) is 0 Å². The zero-order chi connectivity index (χ0) is 9.10.